The normalized spacial score (nSPS) is 22.7. The summed E-state index contributed by atoms with van der Waals surface area (Å²) in [6, 6.07) is -2.13. The largest absolute Gasteiger partial charge is 0.479 e. The van der Waals surface area contributed by atoms with Crippen LogP contribution in [0.3, 0.4) is 0 Å². The molecule has 6 atom stereocenters. The summed E-state index contributed by atoms with van der Waals surface area (Å²) in [4.78, 5) is 38.7. The summed E-state index contributed by atoms with van der Waals surface area (Å²) in [5, 5.41) is 28.3. The van der Waals surface area contributed by atoms with E-state index < -0.39 is 62.3 Å². The molecule has 0 radical (unpaired) electrons. The third kappa shape index (κ3) is 9.83. The summed E-state index contributed by atoms with van der Waals surface area (Å²) >= 11 is 0. The number of fused-ring (bicyclic) bond motifs is 1. The topological polar surface area (TPSA) is 232 Å². The molecule has 0 spiro atoms. The van der Waals surface area contributed by atoms with Crippen molar-refractivity contribution in [2.45, 2.75) is 110 Å². The summed E-state index contributed by atoms with van der Waals surface area (Å²) < 4.78 is 44.1. The van der Waals surface area contributed by atoms with Crippen LogP contribution in [0.1, 0.15) is 80.4 Å². The lowest BCUT2D eigenvalue weighted by molar-refractivity contribution is -0.146. The van der Waals surface area contributed by atoms with Crippen LogP contribution in [0.4, 0.5) is 5.95 Å². The molecular formula is C30H52N7O10P. The van der Waals surface area contributed by atoms with Crippen molar-refractivity contribution >= 4 is 36.7 Å². The molecule has 2 aromatic heterocycles. The van der Waals surface area contributed by atoms with Crippen molar-refractivity contribution < 1.29 is 47.8 Å². The summed E-state index contributed by atoms with van der Waals surface area (Å²) in [7, 11) is -2.93. The number of carbonyl (C=O) groups excluding carboxylic acids is 2. The van der Waals surface area contributed by atoms with Crippen molar-refractivity contribution in [3.05, 3.63) is 6.33 Å². The van der Waals surface area contributed by atoms with Gasteiger partial charge in [0, 0.05) is 0 Å². The van der Waals surface area contributed by atoms with Crippen LogP contribution < -0.4 is 20.6 Å². The van der Waals surface area contributed by atoms with E-state index in [0.29, 0.717) is 12.8 Å². The first-order valence-corrected chi connectivity index (χ1v) is 17.9. The predicted molar refractivity (Wildman–Crippen MR) is 176 cm³/mol. The van der Waals surface area contributed by atoms with Crippen molar-refractivity contribution in [2.24, 2.45) is 11.8 Å². The molecule has 1 unspecified atom stereocenters. The van der Waals surface area contributed by atoms with Gasteiger partial charge in [0.2, 0.25) is 11.8 Å². The molecule has 3 rings (SSSR count). The maximum absolute atomic E-state index is 14.7. The predicted octanol–water partition coefficient (Wildman–Crippen LogP) is 2.47. The Labute approximate surface area is 281 Å². The van der Waals surface area contributed by atoms with Crippen molar-refractivity contribution in [1.29, 1.82) is 0 Å². The van der Waals surface area contributed by atoms with E-state index >= 15 is 0 Å². The van der Waals surface area contributed by atoms with Crippen LogP contribution in [0.15, 0.2) is 6.33 Å². The molecule has 0 saturated carbocycles. The molecule has 18 heteroatoms. The van der Waals surface area contributed by atoms with Crippen molar-refractivity contribution in [2.75, 3.05) is 32.7 Å². The van der Waals surface area contributed by atoms with Crippen LogP contribution in [-0.4, -0.2) is 98.5 Å². The first-order valence-electron chi connectivity index (χ1n) is 16.3. The average molecular weight is 702 g/mol. The van der Waals surface area contributed by atoms with Gasteiger partial charge >= 0.3 is 19.6 Å². The number of rotatable bonds is 19. The van der Waals surface area contributed by atoms with E-state index in [1.807, 2.05) is 41.5 Å². The average Bonchev–Trinajstić information content (AvgIpc) is 3.52. The molecule has 1 fully saturated rings. The second-order valence-electron chi connectivity index (χ2n) is 12.9. The fourth-order valence-corrected chi connectivity index (χ4v) is 7.07. The minimum absolute atomic E-state index is 0.0107. The van der Waals surface area contributed by atoms with E-state index in [-0.39, 0.29) is 60.9 Å². The molecule has 0 aliphatic carbocycles. The Morgan fingerprint density at radius 3 is 2.08 bits per heavy atom. The molecule has 1 saturated heterocycles. The standard InChI is InChI=1S/C30H52N7O10P/c1-9-11-44-26(39)19(13-17(3)4)35-48(42,36-20(14-18(5)6)27(40)45-12-10-2)46-15-21-23(38)30(7,41)28(47-21)37-16-32-22-24(37)33-29(31)34-25(22)43-8/h16-21,23,28,38,41H,9-15H2,1-8H3,(H2,31,33,34)(H2,35,36,42)/t19-,20-,21+,23?,28+,30-/m0/s1. The maximum Gasteiger partial charge on any atom is 0.342 e. The van der Waals surface area contributed by atoms with E-state index in [4.69, 9.17) is 29.2 Å². The van der Waals surface area contributed by atoms with E-state index in [1.165, 1.54) is 24.9 Å². The monoisotopic (exact) mass is 701 g/mol. The summed E-state index contributed by atoms with van der Waals surface area (Å²) in [6.07, 6.45) is -1.06. The van der Waals surface area contributed by atoms with Crippen molar-refractivity contribution in [3.63, 3.8) is 0 Å². The molecule has 272 valence electrons. The van der Waals surface area contributed by atoms with Gasteiger partial charge in [-0.05, 0) is 44.4 Å². The number of carbonyl (C=O) groups is 2. The molecule has 17 nitrogen and oxygen atoms in total. The van der Waals surface area contributed by atoms with Crippen LogP contribution >= 0.6 is 7.67 Å². The number of anilines is 1. The highest BCUT2D eigenvalue weighted by Crippen LogP contribution is 2.45. The number of hydrogen-bond donors (Lipinski definition) is 5. The van der Waals surface area contributed by atoms with Gasteiger partial charge in [0.05, 0.1) is 33.3 Å². The third-order valence-electron chi connectivity index (χ3n) is 7.56. The highest BCUT2D eigenvalue weighted by atomic mass is 31.2. The Morgan fingerprint density at radius 1 is 1.06 bits per heavy atom. The lowest BCUT2D eigenvalue weighted by atomic mass is 9.96. The van der Waals surface area contributed by atoms with Gasteiger partial charge < -0.3 is 39.4 Å². The second-order valence-corrected chi connectivity index (χ2v) is 14.8. The van der Waals surface area contributed by atoms with Gasteiger partial charge in [-0.25, -0.2) is 15.2 Å². The van der Waals surface area contributed by atoms with E-state index in [0.717, 1.165) is 0 Å². The van der Waals surface area contributed by atoms with Crippen LogP contribution in [0, 0.1) is 11.8 Å². The first kappa shape index (κ1) is 39.5. The SMILES string of the molecule is CCCOC(=O)[C@H](CC(C)C)NP(=O)(N[C@@H](CC(C)C)C(=O)OCCC)OC[C@H]1O[C@@H](n2cnc3c(OC)nc(N)nc32)[C@@](C)(O)C1O. The van der Waals surface area contributed by atoms with Crippen LogP contribution in [-0.2, 0) is 32.9 Å². The number of aliphatic hydroxyl groups is 2. The zero-order chi connectivity index (χ0) is 35.8. The zero-order valence-electron chi connectivity index (χ0n) is 29.0. The fourth-order valence-electron chi connectivity index (χ4n) is 5.25. The molecule has 0 amide bonds. The number of methoxy groups -OCH3 is 1. The maximum atomic E-state index is 14.7. The van der Waals surface area contributed by atoms with E-state index in [9.17, 15) is 24.4 Å². The van der Waals surface area contributed by atoms with Gasteiger partial charge in [0.1, 0.15) is 29.9 Å². The number of nitrogens with one attached hydrogen (secondary N) is 2. The quantitative estimate of drug-likeness (QED) is 0.105. The lowest BCUT2D eigenvalue weighted by Gasteiger charge is -2.30. The molecule has 3 heterocycles. The number of esters is 2. The molecule has 2 aromatic rings. The number of nitrogens with two attached hydrogens (primary N) is 1. The zero-order valence-corrected chi connectivity index (χ0v) is 29.9. The number of aliphatic hydroxyl groups excluding tert-OH is 1. The van der Waals surface area contributed by atoms with Gasteiger partial charge in [-0.3, -0.25) is 18.7 Å². The number of nitrogens with zero attached hydrogens (tertiary/aromatic N) is 4. The molecule has 0 bridgehead atoms. The second kappa shape index (κ2) is 17.1. The third-order valence-corrected chi connectivity index (χ3v) is 9.38. The summed E-state index contributed by atoms with van der Waals surface area (Å²) in [5.74, 6) is -1.29. The lowest BCUT2D eigenvalue weighted by Crippen LogP contribution is -2.47. The number of hydrogen-bond acceptors (Lipinski definition) is 14. The number of nitrogen functional groups attached to an aromatic ring is 1. The number of aromatic nitrogens is 4. The molecule has 0 aromatic carbocycles. The van der Waals surface area contributed by atoms with Gasteiger partial charge in [0.15, 0.2) is 17.4 Å². The van der Waals surface area contributed by atoms with Crippen LogP contribution in [0.2, 0.25) is 0 Å². The van der Waals surface area contributed by atoms with Crippen molar-refractivity contribution in [3.8, 4) is 5.88 Å². The van der Waals surface area contributed by atoms with Gasteiger partial charge in [0.25, 0.3) is 0 Å². The first-order chi connectivity index (χ1) is 22.6. The number of imidazole rings is 1. The highest BCUT2D eigenvalue weighted by Gasteiger charge is 2.54. The van der Waals surface area contributed by atoms with Crippen LogP contribution in [0.5, 0.6) is 5.88 Å². The summed E-state index contributed by atoms with van der Waals surface area (Å²) in [6.45, 7) is 12.4. The summed E-state index contributed by atoms with van der Waals surface area (Å²) in [5.41, 5.74) is 4.35. The van der Waals surface area contributed by atoms with E-state index in [1.54, 1.807) is 0 Å². The minimum atomic E-state index is -4.32. The van der Waals surface area contributed by atoms with Gasteiger partial charge in [-0.15, -0.1) is 0 Å². The van der Waals surface area contributed by atoms with Gasteiger partial charge in [-0.1, -0.05) is 41.5 Å². The Hall–Kier alpha value is -2.92. The molecule has 6 N–H and O–H groups in total. The Balaban J connectivity index is 1.94. The van der Waals surface area contributed by atoms with Crippen molar-refractivity contribution in [1.82, 2.24) is 29.7 Å². The molecule has 48 heavy (non-hydrogen) atoms. The fraction of sp³-hybridized carbons (Fsp3) is 0.767. The molecule has 1 aliphatic rings. The highest BCUT2D eigenvalue weighted by molar-refractivity contribution is 7.54. The Bertz CT molecular complexity index is 1380. The molecule has 1 aliphatic heterocycles. The smallest absolute Gasteiger partial charge is 0.342 e. The van der Waals surface area contributed by atoms with Crippen LogP contribution in [0.25, 0.3) is 11.2 Å². The molecular weight excluding hydrogens is 649 g/mol. The van der Waals surface area contributed by atoms with Gasteiger partial charge in [-0.2, -0.15) is 9.97 Å². The minimum Gasteiger partial charge on any atom is -0.479 e. The Kier molecular flexibility index (Phi) is 14.1. The Morgan fingerprint density at radius 2 is 1.60 bits per heavy atom. The number of ether oxygens (including phenoxy) is 4. The van der Waals surface area contributed by atoms with E-state index in [2.05, 4.69) is 25.1 Å².